The lowest BCUT2D eigenvalue weighted by Crippen LogP contribution is -2.10. The van der Waals surface area contributed by atoms with Crippen molar-refractivity contribution in [3.63, 3.8) is 0 Å². The molecule has 402 valence electrons. The second-order valence-corrected chi connectivity index (χ2v) is 21.6. The molecular weight excluding hydrogens is 1020 g/mol. The first-order valence-electron chi connectivity index (χ1n) is 28.6. The standard InChI is InChI=1S/C80H62N4/c81-77-67(53-25-9-1-10-26-53)45-63(46-68(77)54-27-11-2-12-28-54)75(64-47-69(55-29-13-3-14-30-55)78(82)70(48-64)56-31-15-4-16-32-56)61-41-43-62(44-42-61)76(65-49-71(57-33-17-5-18-34-57)79(83)72(50-65)58-35-19-6-20-36-58)66-51-73(59-37-21-7-22-38-59)80(84)74(52-66)60-39-23-8-24-40-60/h1-52,75-76H,81-84H2. The molecule has 0 aliphatic heterocycles. The van der Waals surface area contributed by atoms with Crippen LogP contribution in [0.3, 0.4) is 0 Å². The highest BCUT2D eigenvalue weighted by Crippen LogP contribution is 2.48. The van der Waals surface area contributed by atoms with Gasteiger partial charge in [-0.3, -0.25) is 0 Å². The second kappa shape index (κ2) is 23.3. The van der Waals surface area contributed by atoms with Gasteiger partial charge >= 0.3 is 0 Å². The van der Waals surface area contributed by atoms with Crippen LogP contribution in [0.1, 0.15) is 45.2 Å². The van der Waals surface area contributed by atoms with Crippen molar-refractivity contribution in [2.45, 2.75) is 11.8 Å². The molecule has 13 rings (SSSR count). The summed E-state index contributed by atoms with van der Waals surface area (Å²) in [7, 11) is 0. The number of nitrogen functional groups attached to an aromatic ring is 4. The molecule has 8 N–H and O–H groups in total. The molecule has 0 heterocycles. The summed E-state index contributed by atoms with van der Waals surface area (Å²) < 4.78 is 0. The molecule has 0 bridgehead atoms. The maximum atomic E-state index is 7.35. The van der Waals surface area contributed by atoms with Crippen molar-refractivity contribution in [3.8, 4) is 89.0 Å². The van der Waals surface area contributed by atoms with E-state index in [0.29, 0.717) is 0 Å². The molecular formula is C80H62N4. The van der Waals surface area contributed by atoms with Crippen molar-refractivity contribution in [1.29, 1.82) is 0 Å². The monoisotopic (exact) mass is 1080 g/mol. The Morgan fingerprint density at radius 3 is 0.417 bits per heavy atom. The Kier molecular flexibility index (Phi) is 14.5. The van der Waals surface area contributed by atoms with Gasteiger partial charge in [0, 0.05) is 79.1 Å². The van der Waals surface area contributed by atoms with E-state index in [1.165, 1.54) is 0 Å². The molecule has 0 aromatic heterocycles. The lowest BCUT2D eigenvalue weighted by atomic mass is 9.77. The Bertz CT molecular complexity index is 3610. The normalized spacial score (nSPS) is 11.3. The smallest absolute Gasteiger partial charge is 0.0473 e. The minimum Gasteiger partial charge on any atom is -0.398 e. The fourth-order valence-electron chi connectivity index (χ4n) is 12.3. The molecule has 0 saturated heterocycles. The minimum atomic E-state index is -0.301. The highest BCUT2D eigenvalue weighted by molar-refractivity contribution is 5.94. The first-order chi connectivity index (χ1) is 41.3. The summed E-state index contributed by atoms with van der Waals surface area (Å²) in [6, 6.07) is 112. The number of benzene rings is 13. The van der Waals surface area contributed by atoms with E-state index in [0.717, 1.165) is 145 Å². The van der Waals surface area contributed by atoms with Gasteiger partial charge in [0.25, 0.3) is 0 Å². The summed E-state index contributed by atoms with van der Waals surface area (Å²) in [5.41, 5.74) is 54.9. The van der Waals surface area contributed by atoms with Gasteiger partial charge < -0.3 is 22.9 Å². The third-order valence-electron chi connectivity index (χ3n) is 16.4. The van der Waals surface area contributed by atoms with Crippen molar-refractivity contribution in [1.82, 2.24) is 0 Å². The van der Waals surface area contributed by atoms with E-state index in [1.807, 2.05) is 0 Å². The summed E-state index contributed by atoms with van der Waals surface area (Å²) in [5, 5.41) is 0. The summed E-state index contributed by atoms with van der Waals surface area (Å²) in [6.07, 6.45) is 0. The molecule has 0 fully saturated rings. The van der Waals surface area contributed by atoms with E-state index in [1.54, 1.807) is 0 Å². The summed E-state index contributed by atoms with van der Waals surface area (Å²) >= 11 is 0. The first-order valence-corrected chi connectivity index (χ1v) is 28.6. The van der Waals surface area contributed by atoms with Crippen LogP contribution in [0, 0.1) is 0 Å². The van der Waals surface area contributed by atoms with Crippen LogP contribution in [0.25, 0.3) is 89.0 Å². The molecule has 0 unspecified atom stereocenters. The highest BCUT2D eigenvalue weighted by atomic mass is 14.6. The zero-order chi connectivity index (χ0) is 56.9. The third-order valence-corrected chi connectivity index (χ3v) is 16.4. The quantitative estimate of drug-likeness (QED) is 0.0643. The van der Waals surface area contributed by atoms with Crippen LogP contribution < -0.4 is 22.9 Å². The molecule has 0 atom stereocenters. The molecule has 0 spiro atoms. The van der Waals surface area contributed by atoms with Gasteiger partial charge in [-0.05, 0) is 126 Å². The molecule has 4 heteroatoms. The zero-order valence-electron chi connectivity index (χ0n) is 46.5. The predicted molar refractivity (Wildman–Crippen MR) is 355 cm³/mol. The van der Waals surface area contributed by atoms with Crippen LogP contribution in [0.4, 0.5) is 22.7 Å². The topological polar surface area (TPSA) is 104 Å². The molecule has 4 nitrogen and oxygen atoms in total. The van der Waals surface area contributed by atoms with Crippen molar-refractivity contribution in [3.05, 3.63) is 349 Å². The van der Waals surface area contributed by atoms with Gasteiger partial charge in [0.05, 0.1) is 0 Å². The van der Waals surface area contributed by atoms with Crippen molar-refractivity contribution in [2.24, 2.45) is 0 Å². The maximum absolute atomic E-state index is 7.35. The number of anilines is 4. The lowest BCUT2D eigenvalue weighted by molar-refractivity contribution is 0.953. The molecule has 0 saturated carbocycles. The van der Waals surface area contributed by atoms with Gasteiger partial charge in [-0.15, -0.1) is 0 Å². The Hall–Kier alpha value is -10.9. The van der Waals surface area contributed by atoms with Gasteiger partial charge in [-0.2, -0.15) is 0 Å². The molecule has 0 amide bonds. The predicted octanol–water partition coefficient (Wildman–Crippen LogP) is 19.7. The van der Waals surface area contributed by atoms with Crippen LogP contribution in [-0.2, 0) is 0 Å². The number of hydrogen-bond donors (Lipinski definition) is 4. The second-order valence-electron chi connectivity index (χ2n) is 21.6. The van der Waals surface area contributed by atoms with Crippen LogP contribution in [-0.4, -0.2) is 0 Å². The molecule has 13 aromatic carbocycles. The van der Waals surface area contributed by atoms with Crippen LogP contribution in [0.5, 0.6) is 0 Å². The Labute approximate surface area is 492 Å². The Balaban J connectivity index is 1.09. The molecule has 13 aromatic rings. The van der Waals surface area contributed by atoms with Crippen molar-refractivity contribution < 1.29 is 0 Å². The highest BCUT2D eigenvalue weighted by Gasteiger charge is 2.28. The van der Waals surface area contributed by atoms with Crippen LogP contribution in [0.15, 0.2) is 315 Å². The molecule has 84 heavy (non-hydrogen) atoms. The lowest BCUT2D eigenvalue weighted by Gasteiger charge is -2.27. The van der Waals surface area contributed by atoms with Gasteiger partial charge in [0.15, 0.2) is 0 Å². The van der Waals surface area contributed by atoms with Crippen LogP contribution in [0.2, 0.25) is 0 Å². The summed E-state index contributed by atoms with van der Waals surface area (Å²) in [5.74, 6) is -0.601. The van der Waals surface area contributed by atoms with Gasteiger partial charge in [0.2, 0.25) is 0 Å². The number of nitrogens with two attached hydrogens (primary N) is 4. The largest absolute Gasteiger partial charge is 0.398 e. The van der Waals surface area contributed by atoms with E-state index < -0.39 is 0 Å². The Morgan fingerprint density at radius 1 is 0.155 bits per heavy atom. The van der Waals surface area contributed by atoms with Crippen LogP contribution >= 0.6 is 0 Å². The third kappa shape index (κ3) is 10.4. The summed E-state index contributed by atoms with van der Waals surface area (Å²) in [6.45, 7) is 0. The fraction of sp³-hybridized carbons (Fsp3) is 0.0250. The van der Waals surface area contributed by atoms with Gasteiger partial charge in [0.1, 0.15) is 0 Å². The van der Waals surface area contributed by atoms with E-state index in [-0.39, 0.29) is 11.8 Å². The van der Waals surface area contributed by atoms with Crippen molar-refractivity contribution in [2.75, 3.05) is 22.9 Å². The number of hydrogen-bond acceptors (Lipinski definition) is 4. The molecule has 0 aliphatic carbocycles. The zero-order valence-corrected chi connectivity index (χ0v) is 46.5. The molecule has 0 aliphatic rings. The first kappa shape index (κ1) is 52.4. The maximum Gasteiger partial charge on any atom is 0.0473 e. The minimum absolute atomic E-state index is 0.301. The van der Waals surface area contributed by atoms with Gasteiger partial charge in [-0.25, -0.2) is 0 Å². The molecule has 0 radical (unpaired) electrons. The van der Waals surface area contributed by atoms with Gasteiger partial charge in [-0.1, -0.05) is 267 Å². The average molecular weight is 1080 g/mol. The Morgan fingerprint density at radius 2 is 0.286 bits per heavy atom. The van der Waals surface area contributed by atoms with E-state index in [4.69, 9.17) is 22.9 Å². The SMILES string of the molecule is Nc1c(-c2ccccc2)cc(C(c2ccc(C(c3cc(-c4ccccc4)c(N)c(-c4ccccc4)c3)c3cc(-c4ccccc4)c(N)c(-c4ccccc4)c3)cc2)c2cc(-c3ccccc3)c(N)c(-c3ccccc3)c2)cc1-c1ccccc1. The number of rotatable bonds is 14. The average Bonchev–Trinajstić information content (AvgIpc) is 3.15. The van der Waals surface area contributed by atoms with E-state index >= 15 is 0 Å². The summed E-state index contributed by atoms with van der Waals surface area (Å²) in [4.78, 5) is 0. The van der Waals surface area contributed by atoms with E-state index in [9.17, 15) is 0 Å². The van der Waals surface area contributed by atoms with E-state index in [2.05, 4.69) is 315 Å². The van der Waals surface area contributed by atoms with Crippen molar-refractivity contribution >= 4 is 22.7 Å². The fourth-order valence-corrected chi connectivity index (χ4v) is 12.3.